The van der Waals surface area contributed by atoms with E-state index in [-0.39, 0.29) is 29.2 Å². The molecule has 0 fully saturated rings. The van der Waals surface area contributed by atoms with Gasteiger partial charge in [-0.3, -0.25) is 24.5 Å². The molecule has 0 N–H and O–H groups in total. The Labute approximate surface area is 171 Å². The number of aryl methyl sites for hydroxylation is 1. The van der Waals surface area contributed by atoms with Crippen molar-refractivity contribution in [2.45, 2.75) is 26.3 Å². The Kier molecular flexibility index (Phi) is 6.36. The first-order valence-corrected chi connectivity index (χ1v) is 9.49. The van der Waals surface area contributed by atoms with E-state index in [2.05, 4.69) is 0 Å². The maximum Gasteiger partial charge on any atom is 0.305 e. The molecule has 3 rings (SSSR count). The molecule has 1 heterocycles. The highest BCUT2D eigenvalue weighted by Gasteiger charge is 2.19. The van der Waals surface area contributed by atoms with Gasteiger partial charge < -0.3 is 9.30 Å². The third-order valence-electron chi connectivity index (χ3n) is 4.64. The van der Waals surface area contributed by atoms with Crippen molar-refractivity contribution in [3.8, 4) is 0 Å². The summed E-state index contributed by atoms with van der Waals surface area (Å²) in [5, 5.41) is 11.4. The number of hydrogen-bond donors (Lipinski definition) is 0. The van der Waals surface area contributed by atoms with E-state index in [4.69, 9.17) is 4.74 Å². The zero-order chi connectivity index (χ0) is 21.7. The number of nitro benzene ring substituents is 1. The molecule has 0 radical (unpaired) electrons. The van der Waals surface area contributed by atoms with Gasteiger partial charge >= 0.3 is 5.97 Å². The van der Waals surface area contributed by atoms with Gasteiger partial charge in [0.25, 0.3) is 5.69 Å². The second-order valence-electron chi connectivity index (χ2n) is 6.63. The molecule has 0 saturated carbocycles. The van der Waals surface area contributed by atoms with Crippen LogP contribution < -0.4 is 5.43 Å². The number of benzene rings is 2. The van der Waals surface area contributed by atoms with E-state index in [1.54, 1.807) is 35.8 Å². The van der Waals surface area contributed by atoms with E-state index < -0.39 is 16.1 Å². The molecule has 0 atom stereocenters. The molecule has 0 spiro atoms. The van der Waals surface area contributed by atoms with Crippen LogP contribution in [-0.4, -0.2) is 27.8 Å². The van der Waals surface area contributed by atoms with Crippen LogP contribution in [0.5, 0.6) is 0 Å². The summed E-state index contributed by atoms with van der Waals surface area (Å²) in [5.74, 6) is -0.899. The van der Waals surface area contributed by atoms with Crippen molar-refractivity contribution in [1.82, 2.24) is 4.57 Å². The van der Waals surface area contributed by atoms with Crippen LogP contribution in [0.2, 0.25) is 0 Å². The van der Waals surface area contributed by atoms with Crippen molar-refractivity contribution in [1.29, 1.82) is 0 Å². The quantitative estimate of drug-likeness (QED) is 0.244. The van der Waals surface area contributed by atoms with Crippen molar-refractivity contribution in [3.05, 3.63) is 86.2 Å². The van der Waals surface area contributed by atoms with E-state index >= 15 is 0 Å². The zero-order valence-corrected chi connectivity index (χ0v) is 16.4. The Morgan fingerprint density at radius 2 is 1.90 bits per heavy atom. The number of nitrogens with zero attached hydrogens (tertiary/aromatic N) is 2. The molecule has 30 heavy (non-hydrogen) atoms. The SMILES string of the molecule is CCOC(=O)CCCn1cc(C(=O)c2cccc([N+](=O)[O-])c2)c(=O)c2ccccc21. The minimum absolute atomic E-state index is 0.0645. The number of carbonyl (C=O) groups excluding carboxylic acids is 2. The molecular weight excluding hydrogens is 388 g/mol. The van der Waals surface area contributed by atoms with Crippen LogP contribution in [-0.2, 0) is 16.1 Å². The summed E-state index contributed by atoms with van der Waals surface area (Å²) in [6, 6.07) is 12.2. The first-order valence-electron chi connectivity index (χ1n) is 9.49. The molecule has 3 aromatic rings. The summed E-state index contributed by atoms with van der Waals surface area (Å²) in [6.45, 7) is 2.44. The van der Waals surface area contributed by atoms with E-state index in [0.29, 0.717) is 30.5 Å². The number of hydrogen-bond acceptors (Lipinski definition) is 6. The highest BCUT2D eigenvalue weighted by molar-refractivity contribution is 6.10. The first kappa shape index (κ1) is 20.9. The largest absolute Gasteiger partial charge is 0.466 e. The van der Waals surface area contributed by atoms with Crippen LogP contribution in [0.4, 0.5) is 5.69 Å². The van der Waals surface area contributed by atoms with E-state index in [0.717, 1.165) is 6.07 Å². The van der Waals surface area contributed by atoms with Crippen molar-refractivity contribution in [3.63, 3.8) is 0 Å². The number of ketones is 1. The predicted molar refractivity (Wildman–Crippen MR) is 111 cm³/mol. The number of nitro groups is 1. The van der Waals surface area contributed by atoms with Crippen LogP contribution in [0.15, 0.2) is 59.5 Å². The van der Waals surface area contributed by atoms with Crippen LogP contribution in [0.1, 0.15) is 35.7 Å². The van der Waals surface area contributed by atoms with Crippen molar-refractivity contribution in [2.24, 2.45) is 0 Å². The molecule has 154 valence electrons. The number of pyridine rings is 1. The van der Waals surface area contributed by atoms with Crippen LogP contribution in [0.3, 0.4) is 0 Å². The van der Waals surface area contributed by atoms with Crippen molar-refractivity contribution >= 4 is 28.3 Å². The number of fused-ring (bicyclic) bond motifs is 1. The van der Waals surface area contributed by atoms with Gasteiger partial charge in [-0.25, -0.2) is 0 Å². The lowest BCUT2D eigenvalue weighted by Gasteiger charge is -2.13. The van der Waals surface area contributed by atoms with Gasteiger partial charge in [0.05, 0.1) is 22.6 Å². The third kappa shape index (κ3) is 4.43. The Balaban J connectivity index is 2.01. The summed E-state index contributed by atoms with van der Waals surface area (Å²) in [4.78, 5) is 48.0. The number of carbonyl (C=O) groups is 2. The van der Waals surface area contributed by atoms with Crippen LogP contribution in [0, 0.1) is 10.1 Å². The lowest BCUT2D eigenvalue weighted by molar-refractivity contribution is -0.384. The van der Waals surface area contributed by atoms with E-state index in [1.807, 2.05) is 0 Å². The predicted octanol–water partition coefficient (Wildman–Crippen LogP) is 3.48. The first-order chi connectivity index (χ1) is 14.4. The summed E-state index contributed by atoms with van der Waals surface area (Å²) < 4.78 is 6.68. The fourth-order valence-corrected chi connectivity index (χ4v) is 3.24. The second kappa shape index (κ2) is 9.13. The molecule has 8 nitrogen and oxygen atoms in total. The van der Waals surface area contributed by atoms with Gasteiger partial charge in [-0.05, 0) is 25.5 Å². The van der Waals surface area contributed by atoms with E-state index in [9.17, 15) is 24.5 Å². The number of aromatic nitrogens is 1. The lowest BCUT2D eigenvalue weighted by atomic mass is 10.0. The molecular formula is C22H20N2O6. The van der Waals surface area contributed by atoms with Gasteiger partial charge in [0.15, 0.2) is 5.78 Å². The highest BCUT2D eigenvalue weighted by Crippen LogP contribution is 2.18. The minimum Gasteiger partial charge on any atom is -0.466 e. The number of rotatable bonds is 8. The van der Waals surface area contributed by atoms with E-state index in [1.165, 1.54) is 24.4 Å². The zero-order valence-electron chi connectivity index (χ0n) is 16.4. The summed E-state index contributed by atoms with van der Waals surface area (Å²) >= 11 is 0. The molecule has 1 aromatic heterocycles. The Hall–Kier alpha value is -3.81. The molecule has 0 aliphatic carbocycles. The van der Waals surface area contributed by atoms with Gasteiger partial charge in [0, 0.05) is 42.2 Å². The topological polar surface area (TPSA) is 109 Å². The fourth-order valence-electron chi connectivity index (χ4n) is 3.24. The molecule has 0 amide bonds. The van der Waals surface area contributed by atoms with Gasteiger partial charge in [0.1, 0.15) is 0 Å². The summed E-state index contributed by atoms with van der Waals surface area (Å²) in [5.41, 5.74) is -0.0397. The average molecular weight is 408 g/mol. The maximum absolute atomic E-state index is 13.0. The molecule has 2 aromatic carbocycles. The second-order valence-corrected chi connectivity index (χ2v) is 6.63. The van der Waals surface area contributed by atoms with Gasteiger partial charge in [0.2, 0.25) is 5.43 Å². The standard InChI is InChI=1S/C22H20N2O6/c1-2-30-20(25)11-6-12-23-14-18(22(27)17-9-3-4-10-19(17)23)21(26)15-7-5-8-16(13-15)24(28)29/h3-5,7-10,13-14H,2,6,11-12H2,1H3. The molecule has 0 unspecified atom stereocenters. The van der Waals surface area contributed by atoms with Crippen LogP contribution in [0.25, 0.3) is 10.9 Å². The van der Waals surface area contributed by atoms with Gasteiger partial charge in [-0.2, -0.15) is 0 Å². The summed E-state index contributed by atoms with van der Waals surface area (Å²) in [7, 11) is 0. The Bertz CT molecular complexity index is 1180. The Morgan fingerprint density at radius 1 is 1.13 bits per heavy atom. The number of para-hydroxylation sites is 1. The fraction of sp³-hybridized carbons (Fsp3) is 0.227. The molecule has 8 heteroatoms. The minimum atomic E-state index is -0.592. The number of ether oxygens (including phenoxy) is 1. The highest BCUT2D eigenvalue weighted by atomic mass is 16.6. The molecule has 0 bridgehead atoms. The molecule has 0 saturated heterocycles. The smallest absolute Gasteiger partial charge is 0.305 e. The lowest BCUT2D eigenvalue weighted by Crippen LogP contribution is -2.20. The number of esters is 1. The average Bonchev–Trinajstić information content (AvgIpc) is 2.75. The monoisotopic (exact) mass is 408 g/mol. The maximum atomic E-state index is 13.0. The molecule has 0 aliphatic heterocycles. The molecule has 0 aliphatic rings. The van der Waals surface area contributed by atoms with Gasteiger partial charge in [-0.15, -0.1) is 0 Å². The van der Waals surface area contributed by atoms with Crippen molar-refractivity contribution in [2.75, 3.05) is 6.61 Å². The third-order valence-corrected chi connectivity index (χ3v) is 4.64. The van der Waals surface area contributed by atoms with Crippen molar-refractivity contribution < 1.29 is 19.2 Å². The normalized spacial score (nSPS) is 10.7. The van der Waals surface area contributed by atoms with Gasteiger partial charge in [-0.1, -0.05) is 24.3 Å². The Morgan fingerprint density at radius 3 is 2.63 bits per heavy atom. The van der Waals surface area contributed by atoms with Crippen LogP contribution >= 0.6 is 0 Å². The number of non-ortho nitro benzene ring substituents is 1. The summed E-state index contributed by atoms with van der Waals surface area (Å²) in [6.07, 6.45) is 2.13.